The maximum absolute atomic E-state index is 4.41. The molecule has 2 rings (SSSR count). The van der Waals surface area contributed by atoms with Gasteiger partial charge in [-0.1, -0.05) is 17.8 Å². The molecule has 0 aliphatic rings. The van der Waals surface area contributed by atoms with Gasteiger partial charge < -0.3 is 10.6 Å². The van der Waals surface area contributed by atoms with E-state index in [0.717, 1.165) is 35.5 Å². The third kappa shape index (κ3) is 4.10. The first-order valence-corrected chi connectivity index (χ1v) is 7.29. The summed E-state index contributed by atoms with van der Waals surface area (Å²) in [6.07, 6.45) is 4.64. The molecular weight excluding hydrogens is 258 g/mol. The molecule has 0 bridgehead atoms. The fraction of sp³-hybridized carbons (Fsp3) is 0.308. The van der Waals surface area contributed by atoms with E-state index < -0.39 is 0 Å². The highest BCUT2D eigenvalue weighted by atomic mass is 32.2. The van der Waals surface area contributed by atoms with Gasteiger partial charge in [0.05, 0.1) is 0 Å². The van der Waals surface area contributed by atoms with E-state index in [9.17, 15) is 0 Å². The zero-order chi connectivity index (χ0) is 13.5. The van der Waals surface area contributed by atoms with Gasteiger partial charge in [-0.05, 0) is 18.4 Å². The molecule has 0 spiro atoms. The number of hydrogen-bond donors (Lipinski definition) is 2. The van der Waals surface area contributed by atoms with Crippen LogP contribution in [0.5, 0.6) is 0 Å². The molecule has 2 heterocycles. The van der Waals surface area contributed by atoms with Crippen molar-refractivity contribution < 1.29 is 0 Å². The normalized spacial score (nSPS) is 10.2. The Morgan fingerprint density at radius 2 is 2.05 bits per heavy atom. The van der Waals surface area contributed by atoms with E-state index in [1.807, 2.05) is 43.8 Å². The van der Waals surface area contributed by atoms with Crippen LogP contribution in [-0.2, 0) is 6.42 Å². The molecule has 0 aliphatic carbocycles. The summed E-state index contributed by atoms with van der Waals surface area (Å²) in [6, 6.07) is 7.84. The lowest BCUT2D eigenvalue weighted by atomic mass is 10.3. The Hall–Kier alpha value is -1.82. The molecular formula is C13H17N5S. The van der Waals surface area contributed by atoms with Crippen LogP contribution in [0, 0.1) is 0 Å². The molecule has 0 fully saturated rings. The van der Waals surface area contributed by atoms with Gasteiger partial charge in [-0.3, -0.25) is 4.98 Å². The SMILES string of the molecule is CNc1cc(NCCc2ccccn2)nc(SC)n1. The molecule has 0 amide bonds. The first-order valence-electron chi connectivity index (χ1n) is 6.06. The summed E-state index contributed by atoms with van der Waals surface area (Å²) < 4.78 is 0. The van der Waals surface area contributed by atoms with E-state index >= 15 is 0 Å². The number of thioether (sulfide) groups is 1. The summed E-state index contributed by atoms with van der Waals surface area (Å²) in [5.74, 6) is 1.65. The Morgan fingerprint density at radius 3 is 2.74 bits per heavy atom. The Kier molecular flexibility index (Phi) is 4.97. The molecule has 0 saturated carbocycles. The second kappa shape index (κ2) is 6.94. The minimum atomic E-state index is 0.757. The third-order valence-corrected chi connectivity index (χ3v) is 3.11. The van der Waals surface area contributed by atoms with Gasteiger partial charge in [0.25, 0.3) is 0 Å². The third-order valence-electron chi connectivity index (χ3n) is 2.56. The van der Waals surface area contributed by atoms with E-state index in [0.29, 0.717) is 0 Å². The Balaban J connectivity index is 1.95. The van der Waals surface area contributed by atoms with E-state index in [4.69, 9.17) is 0 Å². The number of nitrogens with one attached hydrogen (secondary N) is 2. The van der Waals surface area contributed by atoms with Crippen LogP contribution in [0.15, 0.2) is 35.6 Å². The highest BCUT2D eigenvalue weighted by Crippen LogP contribution is 2.16. The second-order valence-electron chi connectivity index (χ2n) is 3.87. The second-order valence-corrected chi connectivity index (χ2v) is 4.65. The molecule has 2 aromatic rings. The molecule has 0 aromatic carbocycles. The van der Waals surface area contributed by atoms with Crippen LogP contribution in [0.1, 0.15) is 5.69 Å². The number of anilines is 2. The fourth-order valence-electron chi connectivity index (χ4n) is 1.60. The Bertz CT molecular complexity index is 495. The van der Waals surface area contributed by atoms with Crippen LogP contribution in [0.25, 0.3) is 0 Å². The predicted octanol–water partition coefficient (Wildman–Crippen LogP) is 2.29. The first-order chi connectivity index (χ1) is 9.31. The summed E-state index contributed by atoms with van der Waals surface area (Å²) in [6.45, 7) is 0.797. The zero-order valence-corrected chi connectivity index (χ0v) is 11.9. The molecule has 0 radical (unpaired) electrons. The van der Waals surface area contributed by atoms with Gasteiger partial charge in [0.15, 0.2) is 5.16 Å². The summed E-state index contributed by atoms with van der Waals surface area (Å²) in [7, 11) is 1.85. The van der Waals surface area contributed by atoms with Crippen molar-refractivity contribution >= 4 is 23.4 Å². The quantitative estimate of drug-likeness (QED) is 0.623. The molecule has 0 atom stereocenters. The maximum Gasteiger partial charge on any atom is 0.191 e. The highest BCUT2D eigenvalue weighted by Gasteiger charge is 2.02. The topological polar surface area (TPSA) is 62.7 Å². The Labute approximate surface area is 117 Å². The van der Waals surface area contributed by atoms with Crippen LogP contribution in [0.3, 0.4) is 0 Å². The predicted molar refractivity (Wildman–Crippen MR) is 79.8 cm³/mol. The van der Waals surface area contributed by atoms with Gasteiger partial charge in [0.2, 0.25) is 0 Å². The number of rotatable bonds is 6. The van der Waals surface area contributed by atoms with Crippen LogP contribution < -0.4 is 10.6 Å². The molecule has 0 saturated heterocycles. The van der Waals surface area contributed by atoms with Crippen molar-refractivity contribution in [3.63, 3.8) is 0 Å². The summed E-state index contributed by atoms with van der Waals surface area (Å²) in [5.41, 5.74) is 1.07. The van der Waals surface area contributed by atoms with Crippen LogP contribution >= 0.6 is 11.8 Å². The molecule has 100 valence electrons. The highest BCUT2D eigenvalue weighted by molar-refractivity contribution is 7.98. The smallest absolute Gasteiger partial charge is 0.191 e. The number of nitrogens with zero attached hydrogens (tertiary/aromatic N) is 3. The first kappa shape index (κ1) is 13.6. The minimum Gasteiger partial charge on any atom is -0.373 e. The lowest BCUT2D eigenvalue weighted by Crippen LogP contribution is -2.08. The summed E-state index contributed by atoms with van der Waals surface area (Å²) >= 11 is 1.53. The lowest BCUT2D eigenvalue weighted by molar-refractivity contribution is 0.923. The van der Waals surface area contributed by atoms with Gasteiger partial charge in [-0.25, -0.2) is 9.97 Å². The van der Waals surface area contributed by atoms with E-state index in [1.54, 1.807) is 0 Å². The van der Waals surface area contributed by atoms with Gasteiger partial charge in [0, 0.05) is 38.0 Å². The average Bonchev–Trinajstić information content (AvgIpc) is 2.48. The van der Waals surface area contributed by atoms with Crippen molar-refractivity contribution in [2.24, 2.45) is 0 Å². The number of pyridine rings is 1. The minimum absolute atomic E-state index is 0.757. The van der Waals surface area contributed by atoms with Crippen molar-refractivity contribution in [2.45, 2.75) is 11.6 Å². The van der Waals surface area contributed by atoms with Crippen LogP contribution in [0.4, 0.5) is 11.6 Å². The maximum atomic E-state index is 4.41. The molecule has 0 unspecified atom stereocenters. The number of aromatic nitrogens is 3. The number of hydrogen-bond acceptors (Lipinski definition) is 6. The van der Waals surface area contributed by atoms with Crippen molar-refractivity contribution in [3.05, 3.63) is 36.2 Å². The monoisotopic (exact) mass is 275 g/mol. The Morgan fingerprint density at radius 1 is 1.21 bits per heavy atom. The van der Waals surface area contributed by atoms with E-state index in [1.165, 1.54) is 11.8 Å². The van der Waals surface area contributed by atoms with Gasteiger partial charge in [-0.2, -0.15) is 0 Å². The van der Waals surface area contributed by atoms with Crippen molar-refractivity contribution in [1.82, 2.24) is 15.0 Å². The molecule has 19 heavy (non-hydrogen) atoms. The average molecular weight is 275 g/mol. The lowest BCUT2D eigenvalue weighted by Gasteiger charge is -2.08. The zero-order valence-electron chi connectivity index (χ0n) is 11.1. The summed E-state index contributed by atoms with van der Waals surface area (Å²) in [5, 5.41) is 7.09. The molecule has 0 aliphatic heterocycles. The van der Waals surface area contributed by atoms with E-state index in [2.05, 4.69) is 25.6 Å². The van der Waals surface area contributed by atoms with Crippen molar-refractivity contribution in [1.29, 1.82) is 0 Å². The van der Waals surface area contributed by atoms with Gasteiger partial charge in [-0.15, -0.1) is 0 Å². The van der Waals surface area contributed by atoms with Crippen molar-refractivity contribution in [2.75, 3.05) is 30.5 Å². The van der Waals surface area contributed by atoms with Crippen LogP contribution in [-0.4, -0.2) is 34.8 Å². The fourth-order valence-corrected chi connectivity index (χ4v) is 1.98. The van der Waals surface area contributed by atoms with Gasteiger partial charge in [0.1, 0.15) is 11.6 Å². The van der Waals surface area contributed by atoms with Crippen LogP contribution in [0.2, 0.25) is 0 Å². The largest absolute Gasteiger partial charge is 0.373 e. The molecule has 6 heteroatoms. The molecule has 2 aromatic heterocycles. The molecule has 2 N–H and O–H groups in total. The standard InChI is InChI=1S/C13H17N5S/c1-14-11-9-12(18-13(17-11)19-2)16-8-6-10-5-3-4-7-15-10/h3-5,7,9H,6,8H2,1-2H3,(H2,14,16,17,18). The van der Waals surface area contributed by atoms with E-state index in [-0.39, 0.29) is 0 Å². The van der Waals surface area contributed by atoms with Gasteiger partial charge >= 0.3 is 0 Å². The molecule has 5 nitrogen and oxygen atoms in total. The van der Waals surface area contributed by atoms with Crippen molar-refractivity contribution in [3.8, 4) is 0 Å². The summed E-state index contributed by atoms with van der Waals surface area (Å²) in [4.78, 5) is 13.0.